The van der Waals surface area contributed by atoms with E-state index in [0.717, 1.165) is 96.3 Å². The van der Waals surface area contributed by atoms with E-state index in [1.807, 2.05) is 12.2 Å². The highest BCUT2D eigenvalue weighted by Crippen LogP contribution is 2.45. The maximum Gasteiger partial charge on any atom is 0.472 e. The Morgan fingerprint density at radius 3 is 0.806 bits per heavy atom. The standard InChI is InChI=1S/C79H146O17P2/c1-5-9-13-17-21-25-29-33-35-36-38-41-44-48-52-56-60-64-77(82)90-70-74(95-78(83)65-61-57-53-49-45-40-32-28-24-20-16-12-8-4)71-93-97(85,86)91-67-73(80)68-92-98(87,88)94-72-75(69-89-76(81)63-59-55-51-47-43-39-31-27-23-19-15-11-7-3)96-79(84)66-62-58-54-50-46-42-37-34-30-26-22-18-14-10-6-2/h21,25,33,35,38,41,48,52,73-75,80H,5-20,22-24,26-32,34,36-37,39-40,42-47,49-51,53-72H2,1-4H3,(H,85,86)(H,87,88)/b25-21-,35-33-,41-38-,52-48-/t73-,74-,75-/m1/s1. The molecular formula is C79H146O17P2. The van der Waals surface area contributed by atoms with E-state index in [1.165, 1.54) is 193 Å². The lowest BCUT2D eigenvalue weighted by Gasteiger charge is -2.21. The highest BCUT2D eigenvalue weighted by Gasteiger charge is 2.30. The first-order chi connectivity index (χ1) is 47.7. The number of carbonyl (C=O) groups is 4. The van der Waals surface area contributed by atoms with Crippen molar-refractivity contribution in [3.05, 3.63) is 48.6 Å². The van der Waals surface area contributed by atoms with Crippen molar-refractivity contribution in [2.75, 3.05) is 39.6 Å². The molecule has 0 aromatic rings. The number of esters is 4. The molecule has 0 aliphatic rings. The Balaban J connectivity index is 5.34. The van der Waals surface area contributed by atoms with Gasteiger partial charge in [0, 0.05) is 25.7 Å². The van der Waals surface area contributed by atoms with Crippen LogP contribution in [0.3, 0.4) is 0 Å². The molecule has 0 radical (unpaired) electrons. The number of ether oxygens (including phenoxy) is 4. The first-order valence-corrected chi connectivity index (χ1v) is 42.9. The largest absolute Gasteiger partial charge is 0.472 e. The lowest BCUT2D eigenvalue weighted by atomic mass is 10.0. The van der Waals surface area contributed by atoms with Crippen LogP contribution in [-0.2, 0) is 65.4 Å². The maximum atomic E-state index is 13.1. The Labute approximate surface area is 597 Å². The quantitative estimate of drug-likeness (QED) is 0.0169. The second-order valence-electron chi connectivity index (χ2n) is 27.0. The lowest BCUT2D eigenvalue weighted by molar-refractivity contribution is -0.161. The van der Waals surface area contributed by atoms with E-state index in [0.29, 0.717) is 32.1 Å². The Hall–Kier alpha value is -2.98. The summed E-state index contributed by atoms with van der Waals surface area (Å²) in [6.07, 6.45) is 69.5. The van der Waals surface area contributed by atoms with E-state index in [4.69, 9.17) is 37.0 Å². The predicted molar refractivity (Wildman–Crippen MR) is 400 cm³/mol. The van der Waals surface area contributed by atoms with Crippen molar-refractivity contribution in [1.82, 2.24) is 0 Å². The van der Waals surface area contributed by atoms with Crippen molar-refractivity contribution in [3.63, 3.8) is 0 Å². The van der Waals surface area contributed by atoms with Gasteiger partial charge in [0.15, 0.2) is 12.2 Å². The van der Waals surface area contributed by atoms with E-state index in [1.54, 1.807) is 0 Å². The predicted octanol–water partition coefficient (Wildman–Crippen LogP) is 22.9. The molecule has 5 atom stereocenters. The number of aliphatic hydroxyl groups excluding tert-OH is 1. The first kappa shape index (κ1) is 95.0. The molecule has 0 aliphatic heterocycles. The molecule has 0 bridgehead atoms. The third-order valence-corrected chi connectivity index (χ3v) is 19.2. The Morgan fingerprint density at radius 1 is 0.286 bits per heavy atom. The molecule has 0 saturated heterocycles. The fraction of sp³-hybridized carbons (Fsp3) is 0.848. The lowest BCUT2D eigenvalue weighted by Crippen LogP contribution is -2.30. The summed E-state index contributed by atoms with van der Waals surface area (Å²) in [6, 6.07) is 0. The molecule has 98 heavy (non-hydrogen) atoms. The summed E-state index contributed by atoms with van der Waals surface area (Å²) in [6.45, 7) is 4.87. The van der Waals surface area contributed by atoms with Gasteiger partial charge in [0.1, 0.15) is 19.3 Å². The normalized spacial score (nSPS) is 14.2. The van der Waals surface area contributed by atoms with Gasteiger partial charge in [-0.15, -0.1) is 0 Å². The van der Waals surface area contributed by atoms with E-state index in [2.05, 4.69) is 64.2 Å². The molecule has 0 saturated carbocycles. The average Bonchev–Trinajstić information content (AvgIpc) is 0.962. The first-order valence-electron chi connectivity index (χ1n) is 39.9. The third kappa shape index (κ3) is 71.4. The highest BCUT2D eigenvalue weighted by atomic mass is 31.2. The molecule has 0 amide bonds. The molecule has 19 heteroatoms. The van der Waals surface area contributed by atoms with Crippen LogP contribution in [0.2, 0.25) is 0 Å². The van der Waals surface area contributed by atoms with Crippen LogP contribution in [0.25, 0.3) is 0 Å². The Morgan fingerprint density at radius 2 is 0.510 bits per heavy atom. The molecular weight excluding hydrogens is 1280 g/mol. The Bertz CT molecular complexity index is 2050. The minimum absolute atomic E-state index is 0.0909. The fourth-order valence-corrected chi connectivity index (χ4v) is 12.8. The number of hydrogen-bond donors (Lipinski definition) is 3. The second-order valence-corrected chi connectivity index (χ2v) is 29.9. The van der Waals surface area contributed by atoms with Crippen molar-refractivity contribution in [2.24, 2.45) is 0 Å². The summed E-state index contributed by atoms with van der Waals surface area (Å²) in [5, 5.41) is 10.6. The van der Waals surface area contributed by atoms with Crippen LogP contribution in [0.4, 0.5) is 0 Å². The summed E-state index contributed by atoms with van der Waals surface area (Å²) in [4.78, 5) is 72.9. The average molecular weight is 1430 g/mol. The van der Waals surface area contributed by atoms with Crippen LogP contribution in [0.15, 0.2) is 48.6 Å². The van der Waals surface area contributed by atoms with Gasteiger partial charge in [-0.25, -0.2) is 9.13 Å². The molecule has 3 N–H and O–H groups in total. The van der Waals surface area contributed by atoms with Gasteiger partial charge in [0.25, 0.3) is 0 Å². The zero-order valence-corrected chi connectivity index (χ0v) is 64.5. The smallest absolute Gasteiger partial charge is 0.462 e. The van der Waals surface area contributed by atoms with Crippen LogP contribution in [-0.4, -0.2) is 96.7 Å². The van der Waals surface area contributed by atoms with Gasteiger partial charge >= 0.3 is 39.5 Å². The number of rotatable bonds is 76. The summed E-state index contributed by atoms with van der Waals surface area (Å²) in [7, 11) is -9.94. The van der Waals surface area contributed by atoms with E-state index in [9.17, 15) is 43.2 Å². The molecule has 0 rings (SSSR count). The van der Waals surface area contributed by atoms with E-state index < -0.39 is 97.5 Å². The van der Waals surface area contributed by atoms with Gasteiger partial charge in [0.05, 0.1) is 26.4 Å². The minimum Gasteiger partial charge on any atom is -0.462 e. The number of aliphatic hydroxyl groups is 1. The highest BCUT2D eigenvalue weighted by molar-refractivity contribution is 7.47. The van der Waals surface area contributed by atoms with Crippen molar-refractivity contribution in [2.45, 2.75) is 393 Å². The van der Waals surface area contributed by atoms with Crippen LogP contribution in [0.1, 0.15) is 374 Å². The van der Waals surface area contributed by atoms with Crippen molar-refractivity contribution in [3.8, 4) is 0 Å². The van der Waals surface area contributed by atoms with Gasteiger partial charge in [-0.05, 0) is 64.2 Å². The second kappa shape index (κ2) is 72.4. The number of allylic oxidation sites excluding steroid dienone is 8. The maximum absolute atomic E-state index is 13.1. The number of phosphoric ester groups is 2. The van der Waals surface area contributed by atoms with Crippen LogP contribution in [0, 0.1) is 0 Å². The minimum atomic E-state index is -4.98. The van der Waals surface area contributed by atoms with Gasteiger partial charge in [-0.3, -0.25) is 37.3 Å². The molecule has 0 fully saturated rings. The summed E-state index contributed by atoms with van der Waals surface area (Å²) in [5.41, 5.74) is 0. The van der Waals surface area contributed by atoms with Crippen molar-refractivity contribution < 1.29 is 80.2 Å². The fourth-order valence-electron chi connectivity index (χ4n) is 11.2. The molecule has 2 unspecified atom stereocenters. The van der Waals surface area contributed by atoms with Crippen molar-refractivity contribution >= 4 is 39.5 Å². The summed E-state index contributed by atoms with van der Waals surface area (Å²) < 4.78 is 68.5. The van der Waals surface area contributed by atoms with Crippen LogP contribution in [0.5, 0.6) is 0 Å². The van der Waals surface area contributed by atoms with Crippen LogP contribution < -0.4 is 0 Å². The molecule has 0 aliphatic carbocycles. The topological polar surface area (TPSA) is 237 Å². The van der Waals surface area contributed by atoms with E-state index in [-0.39, 0.29) is 25.7 Å². The molecule has 574 valence electrons. The van der Waals surface area contributed by atoms with E-state index >= 15 is 0 Å². The van der Waals surface area contributed by atoms with Gasteiger partial charge in [-0.1, -0.05) is 333 Å². The summed E-state index contributed by atoms with van der Waals surface area (Å²) >= 11 is 0. The Kier molecular flexibility index (Phi) is 70.2. The molecule has 0 heterocycles. The van der Waals surface area contributed by atoms with Crippen LogP contribution >= 0.6 is 15.6 Å². The number of hydrogen-bond acceptors (Lipinski definition) is 15. The van der Waals surface area contributed by atoms with Gasteiger partial charge in [0.2, 0.25) is 0 Å². The number of carbonyl (C=O) groups excluding carboxylic acids is 4. The zero-order valence-electron chi connectivity index (χ0n) is 62.7. The third-order valence-electron chi connectivity index (χ3n) is 17.3. The zero-order chi connectivity index (χ0) is 71.8. The number of phosphoric acid groups is 2. The number of unbranched alkanes of at least 4 members (excludes halogenated alkanes) is 42. The SMILES string of the molecule is CCCCC/C=C\C/C=C\C/C=C\C/C=C\CCCC(=O)OC[C@H](COP(=O)(O)OC[C@@H](O)COP(=O)(O)OC[C@@H](COC(=O)CCCCCCCCCCCCCCC)OC(=O)CCCCCCCCCCCCCCCCC)OC(=O)CCCCCCCCCCCCCCC. The molecule has 17 nitrogen and oxygen atoms in total. The molecule has 0 aromatic carbocycles. The molecule has 0 aromatic heterocycles. The molecule has 0 spiro atoms. The monoisotopic (exact) mass is 1430 g/mol. The van der Waals surface area contributed by atoms with Gasteiger partial charge in [-0.2, -0.15) is 0 Å². The van der Waals surface area contributed by atoms with Gasteiger partial charge < -0.3 is 33.8 Å². The van der Waals surface area contributed by atoms with Crippen molar-refractivity contribution in [1.29, 1.82) is 0 Å². The summed E-state index contributed by atoms with van der Waals surface area (Å²) in [5.74, 6) is -2.20.